The number of ether oxygens (including phenoxy) is 1. The van der Waals surface area contributed by atoms with E-state index in [9.17, 15) is 0 Å². The highest BCUT2D eigenvalue weighted by molar-refractivity contribution is 5.85. The molecule has 8 heteroatoms. The second-order valence-corrected chi connectivity index (χ2v) is 8.46. The number of nitrogen functional groups attached to an aromatic ring is 1. The van der Waals surface area contributed by atoms with E-state index in [4.69, 9.17) is 16.2 Å². The highest BCUT2D eigenvalue weighted by Gasteiger charge is 2.26. The fourth-order valence-electron chi connectivity index (χ4n) is 4.40. The van der Waals surface area contributed by atoms with Gasteiger partial charge < -0.3 is 21.1 Å². The van der Waals surface area contributed by atoms with Crippen molar-refractivity contribution in [3.63, 3.8) is 0 Å². The van der Waals surface area contributed by atoms with E-state index in [-0.39, 0.29) is 12.1 Å². The summed E-state index contributed by atoms with van der Waals surface area (Å²) in [7, 11) is 0. The third-order valence-corrected chi connectivity index (χ3v) is 6.16. The zero-order valence-electron chi connectivity index (χ0n) is 19.8. The molecule has 1 aliphatic heterocycles. The number of anilines is 2. The van der Waals surface area contributed by atoms with Crippen LogP contribution in [0, 0.1) is 0 Å². The Bertz CT molecular complexity index is 1590. The lowest BCUT2D eigenvalue weighted by atomic mass is 9.90. The maximum Gasteiger partial charge on any atom is 0.230 e. The van der Waals surface area contributed by atoms with Gasteiger partial charge in [0.15, 0.2) is 0 Å². The van der Waals surface area contributed by atoms with Crippen molar-refractivity contribution in [1.29, 1.82) is 0 Å². The van der Waals surface area contributed by atoms with Crippen molar-refractivity contribution in [2.24, 2.45) is 5.73 Å². The summed E-state index contributed by atoms with van der Waals surface area (Å²) >= 11 is 0. The largest absolute Gasteiger partial charge is 0.420 e. The summed E-state index contributed by atoms with van der Waals surface area (Å²) in [6, 6.07) is 27.6. The van der Waals surface area contributed by atoms with Gasteiger partial charge in [-0.15, -0.1) is 0 Å². The fraction of sp³-hybridized carbons (Fsp3) is 0.0345. The molecule has 0 radical (unpaired) electrons. The zero-order valence-corrected chi connectivity index (χ0v) is 19.8. The van der Waals surface area contributed by atoms with Crippen LogP contribution in [0.2, 0.25) is 0 Å². The monoisotopic (exact) mass is 485 g/mol. The van der Waals surface area contributed by atoms with Gasteiger partial charge >= 0.3 is 0 Å². The molecule has 0 saturated heterocycles. The van der Waals surface area contributed by atoms with E-state index in [0.717, 1.165) is 28.0 Å². The van der Waals surface area contributed by atoms with Gasteiger partial charge in [-0.25, -0.2) is 19.9 Å². The van der Waals surface area contributed by atoms with E-state index >= 15 is 0 Å². The maximum atomic E-state index is 6.71. The van der Waals surface area contributed by atoms with E-state index in [1.165, 1.54) is 0 Å². The Hall–Kier alpha value is -5.08. The number of nitrogens with two attached hydrogens (primary N) is 2. The van der Waals surface area contributed by atoms with Gasteiger partial charge in [-0.05, 0) is 41.0 Å². The molecule has 1 atom stereocenters. The number of fused-ring (bicyclic) bond motifs is 1. The minimum Gasteiger partial charge on any atom is -0.420 e. The van der Waals surface area contributed by atoms with Crippen LogP contribution >= 0.6 is 0 Å². The first-order valence-electron chi connectivity index (χ1n) is 11.8. The van der Waals surface area contributed by atoms with Crippen LogP contribution < -0.4 is 21.1 Å². The third kappa shape index (κ3) is 4.37. The Kier molecular flexibility index (Phi) is 5.76. The number of aromatic nitrogens is 4. The van der Waals surface area contributed by atoms with E-state index in [1.54, 1.807) is 30.7 Å². The average Bonchev–Trinajstić information content (AvgIpc) is 2.95. The number of hydrogen-bond acceptors (Lipinski definition) is 8. The quantitative estimate of drug-likeness (QED) is 0.350. The van der Waals surface area contributed by atoms with Crippen LogP contribution in [0.25, 0.3) is 16.8 Å². The normalized spacial score (nSPS) is 14.6. The standard InChI is InChI=1S/C29H23N7O/c30-27-22-10-5-4-9-21(22)24(19-7-2-1-3-8-19)18-36(27)20-12-13-26(34-17-20)37-28-23(11-6-15-32-28)25-14-16-33-29(31)35-25/h1-18,27H,30H2,(H2,31,33,35). The van der Waals surface area contributed by atoms with Gasteiger partial charge in [-0.1, -0.05) is 54.6 Å². The van der Waals surface area contributed by atoms with Gasteiger partial charge in [0.1, 0.15) is 6.17 Å². The minimum absolute atomic E-state index is 0.178. The summed E-state index contributed by atoms with van der Waals surface area (Å²) in [5.74, 6) is 0.942. The second kappa shape index (κ2) is 9.52. The van der Waals surface area contributed by atoms with Gasteiger partial charge in [0.05, 0.1) is 23.1 Å². The highest BCUT2D eigenvalue weighted by Crippen LogP contribution is 2.38. The molecule has 5 aromatic rings. The number of pyridine rings is 2. The van der Waals surface area contributed by atoms with Crippen LogP contribution in [-0.2, 0) is 0 Å². The molecule has 0 spiro atoms. The summed E-state index contributed by atoms with van der Waals surface area (Å²) < 4.78 is 6.03. The molecule has 0 bridgehead atoms. The highest BCUT2D eigenvalue weighted by atomic mass is 16.5. The van der Waals surface area contributed by atoms with Crippen molar-refractivity contribution in [2.45, 2.75) is 6.17 Å². The molecule has 180 valence electrons. The Morgan fingerprint density at radius 2 is 1.57 bits per heavy atom. The average molecular weight is 486 g/mol. The van der Waals surface area contributed by atoms with E-state index in [1.807, 2.05) is 53.4 Å². The number of nitrogens with zero attached hydrogens (tertiary/aromatic N) is 5. The maximum absolute atomic E-state index is 6.71. The van der Waals surface area contributed by atoms with Gasteiger partial charge in [0.25, 0.3) is 0 Å². The van der Waals surface area contributed by atoms with Crippen molar-refractivity contribution >= 4 is 17.2 Å². The molecular weight excluding hydrogens is 462 g/mol. The Labute approximate surface area is 213 Å². The van der Waals surface area contributed by atoms with Gasteiger partial charge in [0.2, 0.25) is 17.7 Å². The van der Waals surface area contributed by atoms with Crippen LogP contribution in [0.5, 0.6) is 11.8 Å². The van der Waals surface area contributed by atoms with Gasteiger partial charge in [0, 0.05) is 30.2 Å². The van der Waals surface area contributed by atoms with Crippen molar-refractivity contribution in [1.82, 2.24) is 19.9 Å². The molecule has 2 aromatic carbocycles. The molecule has 37 heavy (non-hydrogen) atoms. The van der Waals surface area contributed by atoms with Gasteiger partial charge in [-0.3, -0.25) is 0 Å². The molecule has 6 rings (SSSR count). The predicted molar refractivity (Wildman–Crippen MR) is 143 cm³/mol. The van der Waals surface area contributed by atoms with E-state index in [0.29, 0.717) is 23.0 Å². The van der Waals surface area contributed by atoms with Gasteiger partial charge in [-0.2, -0.15) is 0 Å². The predicted octanol–water partition coefficient (Wildman–Crippen LogP) is 5.17. The first kappa shape index (κ1) is 22.4. The molecular formula is C29H23N7O. The van der Waals surface area contributed by atoms with E-state index < -0.39 is 0 Å². The molecule has 0 fully saturated rings. The van der Waals surface area contributed by atoms with Crippen LogP contribution in [0.3, 0.4) is 0 Å². The topological polar surface area (TPSA) is 116 Å². The van der Waals surface area contributed by atoms with Crippen molar-refractivity contribution in [2.75, 3.05) is 10.6 Å². The molecule has 0 saturated carbocycles. The third-order valence-electron chi connectivity index (χ3n) is 6.16. The second-order valence-electron chi connectivity index (χ2n) is 8.46. The zero-order chi connectivity index (χ0) is 25.2. The number of rotatable bonds is 5. The molecule has 0 aliphatic carbocycles. The Morgan fingerprint density at radius 3 is 2.38 bits per heavy atom. The molecule has 8 nitrogen and oxygen atoms in total. The first-order valence-corrected chi connectivity index (χ1v) is 11.8. The van der Waals surface area contributed by atoms with Crippen molar-refractivity contribution in [3.05, 3.63) is 126 Å². The van der Waals surface area contributed by atoms with Crippen LogP contribution in [0.1, 0.15) is 22.9 Å². The summed E-state index contributed by atoms with van der Waals surface area (Å²) in [6.07, 6.45) is 6.71. The lowest BCUT2D eigenvalue weighted by molar-refractivity contribution is 0.446. The lowest BCUT2D eigenvalue weighted by Crippen LogP contribution is -2.34. The SMILES string of the molecule is Nc1nccc(-c2cccnc2Oc2ccc(N3C=C(c4ccccc4)c4ccccc4C3N)cn2)n1. The van der Waals surface area contributed by atoms with Crippen LogP contribution in [0.15, 0.2) is 110 Å². The minimum atomic E-state index is -0.358. The lowest BCUT2D eigenvalue weighted by Gasteiger charge is -2.34. The first-order chi connectivity index (χ1) is 18.2. The van der Waals surface area contributed by atoms with Crippen LogP contribution in [-0.4, -0.2) is 19.9 Å². The molecule has 3 aromatic heterocycles. The molecule has 4 N–H and O–H groups in total. The summed E-state index contributed by atoms with van der Waals surface area (Å²) in [4.78, 5) is 19.2. The molecule has 1 aliphatic rings. The molecule has 0 amide bonds. The number of hydrogen-bond donors (Lipinski definition) is 2. The smallest absolute Gasteiger partial charge is 0.230 e. The summed E-state index contributed by atoms with van der Waals surface area (Å²) in [5.41, 5.74) is 19.0. The fourth-order valence-corrected chi connectivity index (χ4v) is 4.40. The van der Waals surface area contributed by atoms with E-state index in [2.05, 4.69) is 50.4 Å². The summed E-state index contributed by atoms with van der Waals surface area (Å²) in [6.45, 7) is 0. The molecule has 4 heterocycles. The van der Waals surface area contributed by atoms with Crippen molar-refractivity contribution < 1.29 is 4.74 Å². The Morgan fingerprint density at radius 1 is 0.757 bits per heavy atom. The Balaban J connectivity index is 1.32. The molecule has 1 unspecified atom stereocenters. The van der Waals surface area contributed by atoms with Crippen LogP contribution in [0.4, 0.5) is 11.6 Å². The number of benzene rings is 2. The van der Waals surface area contributed by atoms with Crippen molar-refractivity contribution in [3.8, 4) is 23.0 Å². The summed E-state index contributed by atoms with van der Waals surface area (Å²) in [5, 5.41) is 0.